The fraction of sp³-hybridized carbons (Fsp3) is 0.273. The van der Waals surface area contributed by atoms with Gasteiger partial charge in [-0.15, -0.1) is 10.2 Å². The third kappa shape index (κ3) is 1.61. The van der Waals surface area contributed by atoms with E-state index in [9.17, 15) is 0 Å². The number of nitrogen functional groups attached to an aromatic ring is 1. The van der Waals surface area contributed by atoms with Gasteiger partial charge in [0.15, 0.2) is 5.82 Å². The number of anilines is 1. The van der Waals surface area contributed by atoms with Crippen LogP contribution in [0.15, 0.2) is 29.0 Å². The Labute approximate surface area is 102 Å². The molecular formula is C11H11BrN4. The zero-order valence-electron chi connectivity index (χ0n) is 8.60. The van der Waals surface area contributed by atoms with Gasteiger partial charge in [0.05, 0.1) is 0 Å². The molecule has 0 radical (unpaired) electrons. The Hall–Kier alpha value is -1.36. The van der Waals surface area contributed by atoms with Gasteiger partial charge in [-0.05, 0) is 47.0 Å². The van der Waals surface area contributed by atoms with Crippen molar-refractivity contribution in [2.45, 2.75) is 18.9 Å². The number of nitrogens with two attached hydrogens (primary N) is 1. The largest absolute Gasteiger partial charge is 0.398 e. The lowest BCUT2D eigenvalue weighted by molar-refractivity contribution is 0.746. The molecule has 0 aliphatic heterocycles. The summed E-state index contributed by atoms with van der Waals surface area (Å²) in [6.07, 6.45) is 4.24. The number of hydrogen-bond acceptors (Lipinski definition) is 3. The van der Waals surface area contributed by atoms with E-state index >= 15 is 0 Å². The Bertz CT molecular complexity index is 531. The van der Waals surface area contributed by atoms with Crippen LogP contribution < -0.4 is 5.73 Å². The molecule has 1 aliphatic carbocycles. The molecule has 82 valence electrons. The van der Waals surface area contributed by atoms with Crippen molar-refractivity contribution >= 4 is 21.6 Å². The maximum atomic E-state index is 5.86. The first kappa shape index (κ1) is 9.84. The lowest BCUT2D eigenvalue weighted by Gasteiger charge is -2.06. The second kappa shape index (κ2) is 3.59. The Morgan fingerprint density at radius 1 is 1.38 bits per heavy atom. The van der Waals surface area contributed by atoms with E-state index in [0.29, 0.717) is 6.04 Å². The van der Waals surface area contributed by atoms with E-state index < -0.39 is 0 Å². The van der Waals surface area contributed by atoms with Gasteiger partial charge in [0.1, 0.15) is 6.33 Å². The van der Waals surface area contributed by atoms with Crippen LogP contribution in [0.1, 0.15) is 18.9 Å². The molecule has 2 N–H and O–H groups in total. The molecule has 3 rings (SSSR count). The van der Waals surface area contributed by atoms with E-state index in [-0.39, 0.29) is 0 Å². The first-order valence-corrected chi connectivity index (χ1v) is 6.00. The minimum Gasteiger partial charge on any atom is -0.398 e. The van der Waals surface area contributed by atoms with E-state index in [4.69, 9.17) is 5.73 Å². The second-order valence-electron chi connectivity index (χ2n) is 4.03. The summed E-state index contributed by atoms with van der Waals surface area (Å²) in [5.41, 5.74) is 7.61. The molecule has 1 fully saturated rings. The standard InChI is InChI=1S/C11H11BrN4/c12-9-4-1-7(5-10(9)13)11-15-14-6-16(11)8-2-3-8/h1,4-6,8H,2-3,13H2. The zero-order chi connectivity index (χ0) is 11.1. The van der Waals surface area contributed by atoms with Crippen LogP contribution in [0, 0.1) is 0 Å². The Balaban J connectivity index is 2.07. The van der Waals surface area contributed by atoms with Crippen LogP contribution in [-0.4, -0.2) is 14.8 Å². The molecule has 0 amide bonds. The maximum absolute atomic E-state index is 5.86. The van der Waals surface area contributed by atoms with Gasteiger partial charge in [-0.3, -0.25) is 0 Å². The third-order valence-corrected chi connectivity index (χ3v) is 3.49. The van der Waals surface area contributed by atoms with Crippen molar-refractivity contribution in [3.05, 3.63) is 29.0 Å². The van der Waals surface area contributed by atoms with Crippen LogP contribution in [0.2, 0.25) is 0 Å². The van der Waals surface area contributed by atoms with Crippen molar-refractivity contribution in [3.63, 3.8) is 0 Å². The summed E-state index contributed by atoms with van der Waals surface area (Å²) >= 11 is 3.38. The van der Waals surface area contributed by atoms with Gasteiger partial charge in [0.2, 0.25) is 0 Å². The van der Waals surface area contributed by atoms with E-state index in [0.717, 1.165) is 21.5 Å². The summed E-state index contributed by atoms with van der Waals surface area (Å²) in [5, 5.41) is 8.13. The average Bonchev–Trinajstić information content (AvgIpc) is 3.01. The fourth-order valence-corrected chi connectivity index (χ4v) is 2.00. The minimum atomic E-state index is 0.579. The molecule has 1 aliphatic rings. The van der Waals surface area contributed by atoms with Crippen LogP contribution in [0.3, 0.4) is 0 Å². The smallest absolute Gasteiger partial charge is 0.164 e. The Morgan fingerprint density at radius 3 is 2.88 bits per heavy atom. The van der Waals surface area contributed by atoms with Gasteiger partial charge in [0, 0.05) is 21.8 Å². The van der Waals surface area contributed by atoms with E-state index in [2.05, 4.69) is 30.7 Å². The molecule has 1 heterocycles. The van der Waals surface area contributed by atoms with Crippen molar-refractivity contribution in [2.75, 3.05) is 5.73 Å². The van der Waals surface area contributed by atoms with E-state index in [1.165, 1.54) is 12.8 Å². The quantitative estimate of drug-likeness (QED) is 0.860. The molecule has 0 unspecified atom stereocenters. The van der Waals surface area contributed by atoms with Crippen LogP contribution in [0.5, 0.6) is 0 Å². The van der Waals surface area contributed by atoms with Gasteiger partial charge in [-0.1, -0.05) is 0 Å². The lowest BCUT2D eigenvalue weighted by Crippen LogP contribution is -1.97. The molecule has 0 spiro atoms. The van der Waals surface area contributed by atoms with Gasteiger partial charge < -0.3 is 10.3 Å². The number of aromatic nitrogens is 3. The number of halogens is 1. The van der Waals surface area contributed by atoms with E-state index in [1.807, 2.05) is 18.2 Å². The highest BCUT2D eigenvalue weighted by atomic mass is 79.9. The zero-order valence-corrected chi connectivity index (χ0v) is 10.2. The minimum absolute atomic E-state index is 0.579. The summed E-state index contributed by atoms with van der Waals surface area (Å²) in [6.45, 7) is 0. The van der Waals surface area contributed by atoms with Gasteiger partial charge in [-0.2, -0.15) is 0 Å². The van der Waals surface area contributed by atoms with Gasteiger partial charge in [0.25, 0.3) is 0 Å². The number of rotatable bonds is 2. The highest BCUT2D eigenvalue weighted by Gasteiger charge is 2.26. The number of benzene rings is 1. The molecule has 0 saturated heterocycles. The predicted octanol–water partition coefficient (Wildman–Crippen LogP) is 2.62. The molecule has 4 nitrogen and oxygen atoms in total. The normalized spacial score (nSPS) is 15.3. The molecule has 2 aromatic rings. The molecular weight excluding hydrogens is 268 g/mol. The molecule has 5 heteroatoms. The molecule has 0 bridgehead atoms. The Morgan fingerprint density at radius 2 is 2.19 bits per heavy atom. The van der Waals surface area contributed by atoms with Gasteiger partial charge in [-0.25, -0.2) is 0 Å². The Kier molecular flexibility index (Phi) is 2.21. The number of hydrogen-bond donors (Lipinski definition) is 1. The van der Waals surface area contributed by atoms with Crippen LogP contribution in [0.4, 0.5) is 5.69 Å². The van der Waals surface area contributed by atoms with Crippen molar-refractivity contribution in [3.8, 4) is 11.4 Å². The average molecular weight is 279 g/mol. The van der Waals surface area contributed by atoms with Crippen molar-refractivity contribution < 1.29 is 0 Å². The third-order valence-electron chi connectivity index (χ3n) is 2.77. The molecule has 1 aromatic heterocycles. The molecule has 1 aromatic carbocycles. The topological polar surface area (TPSA) is 56.7 Å². The lowest BCUT2D eigenvalue weighted by atomic mass is 10.2. The molecule has 16 heavy (non-hydrogen) atoms. The monoisotopic (exact) mass is 278 g/mol. The fourth-order valence-electron chi connectivity index (χ4n) is 1.75. The van der Waals surface area contributed by atoms with Crippen molar-refractivity contribution in [1.82, 2.24) is 14.8 Å². The first-order chi connectivity index (χ1) is 7.75. The summed E-state index contributed by atoms with van der Waals surface area (Å²) in [5.74, 6) is 0.904. The highest BCUT2D eigenvalue weighted by Crippen LogP contribution is 2.38. The first-order valence-electron chi connectivity index (χ1n) is 5.20. The summed E-state index contributed by atoms with van der Waals surface area (Å²) < 4.78 is 3.04. The van der Waals surface area contributed by atoms with Crippen LogP contribution in [-0.2, 0) is 0 Å². The molecule has 1 saturated carbocycles. The number of nitrogens with zero attached hydrogens (tertiary/aromatic N) is 3. The van der Waals surface area contributed by atoms with Crippen LogP contribution >= 0.6 is 15.9 Å². The van der Waals surface area contributed by atoms with Crippen molar-refractivity contribution in [2.24, 2.45) is 0 Å². The summed E-state index contributed by atoms with van der Waals surface area (Å²) in [4.78, 5) is 0. The van der Waals surface area contributed by atoms with Crippen LogP contribution in [0.25, 0.3) is 11.4 Å². The van der Waals surface area contributed by atoms with Gasteiger partial charge >= 0.3 is 0 Å². The second-order valence-corrected chi connectivity index (χ2v) is 4.88. The molecule has 0 atom stereocenters. The predicted molar refractivity (Wildman–Crippen MR) is 65.8 cm³/mol. The highest BCUT2D eigenvalue weighted by molar-refractivity contribution is 9.10. The maximum Gasteiger partial charge on any atom is 0.164 e. The summed E-state index contributed by atoms with van der Waals surface area (Å²) in [7, 11) is 0. The SMILES string of the molecule is Nc1cc(-c2nncn2C2CC2)ccc1Br. The van der Waals surface area contributed by atoms with Crippen molar-refractivity contribution in [1.29, 1.82) is 0 Å². The van der Waals surface area contributed by atoms with E-state index in [1.54, 1.807) is 6.33 Å². The summed E-state index contributed by atoms with van der Waals surface area (Å²) in [6, 6.07) is 6.45.